The summed E-state index contributed by atoms with van der Waals surface area (Å²) in [5.74, 6) is -0.256. The summed E-state index contributed by atoms with van der Waals surface area (Å²) in [4.78, 5) is 18.8. The summed E-state index contributed by atoms with van der Waals surface area (Å²) in [5.41, 5.74) is 1.02. The Kier molecular flexibility index (Phi) is 1.89. The van der Waals surface area contributed by atoms with E-state index in [0.717, 1.165) is 10.9 Å². The zero-order chi connectivity index (χ0) is 10.1. The second-order valence-electron chi connectivity index (χ2n) is 3.00. The van der Waals surface area contributed by atoms with Gasteiger partial charge in [0, 0.05) is 11.6 Å². The number of aryl methyl sites for hydroxylation is 1. The Hall–Kier alpha value is -1.97. The lowest BCUT2D eigenvalue weighted by Crippen LogP contribution is -1.96. The monoisotopic (exact) mass is 188 g/mol. The molecule has 2 aromatic rings. The molecule has 0 aliphatic rings. The Bertz CT molecular complexity index is 508. The molecule has 4 nitrogen and oxygen atoms in total. The van der Waals surface area contributed by atoms with Gasteiger partial charge in [0.2, 0.25) is 0 Å². The molecule has 2 rings (SSSR count). The Morgan fingerprint density at radius 1 is 1.43 bits per heavy atom. The lowest BCUT2D eigenvalue weighted by Gasteiger charge is -1.99. The summed E-state index contributed by atoms with van der Waals surface area (Å²) in [6.07, 6.45) is 1.63. The van der Waals surface area contributed by atoms with Crippen molar-refractivity contribution in [2.24, 2.45) is 0 Å². The Morgan fingerprint density at radius 2 is 2.21 bits per heavy atom. The van der Waals surface area contributed by atoms with Crippen molar-refractivity contribution in [3.05, 3.63) is 35.8 Å². The predicted molar refractivity (Wildman–Crippen MR) is 51.2 cm³/mol. The number of benzene rings is 1. The maximum Gasteiger partial charge on any atom is 0.335 e. The van der Waals surface area contributed by atoms with E-state index in [1.165, 1.54) is 6.07 Å². The zero-order valence-electron chi connectivity index (χ0n) is 7.56. The van der Waals surface area contributed by atoms with Crippen LogP contribution in [0.15, 0.2) is 24.4 Å². The normalized spacial score (nSPS) is 10.4. The van der Waals surface area contributed by atoms with Crippen LogP contribution < -0.4 is 0 Å². The van der Waals surface area contributed by atoms with E-state index in [9.17, 15) is 4.79 Å². The van der Waals surface area contributed by atoms with E-state index in [-0.39, 0.29) is 5.56 Å². The van der Waals surface area contributed by atoms with E-state index < -0.39 is 5.97 Å². The van der Waals surface area contributed by atoms with Crippen LogP contribution in [0.5, 0.6) is 0 Å². The molecule has 1 N–H and O–H groups in total. The van der Waals surface area contributed by atoms with Crippen molar-refractivity contribution in [2.75, 3.05) is 0 Å². The SMILES string of the molecule is Cc1ncc2cc(C(=O)O)ccc2n1. The van der Waals surface area contributed by atoms with Gasteiger partial charge in [-0.2, -0.15) is 0 Å². The van der Waals surface area contributed by atoms with Crippen molar-refractivity contribution in [1.29, 1.82) is 0 Å². The van der Waals surface area contributed by atoms with E-state index in [1.807, 2.05) is 0 Å². The third kappa shape index (κ3) is 1.42. The quantitative estimate of drug-likeness (QED) is 0.738. The minimum absolute atomic E-state index is 0.255. The first-order chi connectivity index (χ1) is 6.66. The largest absolute Gasteiger partial charge is 0.478 e. The number of carbonyl (C=O) groups is 1. The lowest BCUT2D eigenvalue weighted by atomic mass is 10.1. The molecule has 0 saturated carbocycles. The maximum atomic E-state index is 10.7. The summed E-state index contributed by atoms with van der Waals surface area (Å²) in [6, 6.07) is 4.79. The molecule has 0 fully saturated rings. The topological polar surface area (TPSA) is 63.1 Å². The van der Waals surface area contributed by atoms with Gasteiger partial charge in [0.1, 0.15) is 5.82 Å². The van der Waals surface area contributed by atoms with Crippen LogP contribution in [-0.2, 0) is 0 Å². The van der Waals surface area contributed by atoms with E-state index >= 15 is 0 Å². The number of aromatic nitrogens is 2. The molecule has 0 atom stereocenters. The molecule has 0 radical (unpaired) electrons. The van der Waals surface area contributed by atoms with Crippen molar-refractivity contribution in [1.82, 2.24) is 9.97 Å². The molecule has 0 amide bonds. The molecule has 0 unspecified atom stereocenters. The second-order valence-corrected chi connectivity index (χ2v) is 3.00. The van der Waals surface area contributed by atoms with Crippen LogP contribution in [0.2, 0.25) is 0 Å². The summed E-state index contributed by atoms with van der Waals surface area (Å²) >= 11 is 0. The number of nitrogens with zero attached hydrogens (tertiary/aromatic N) is 2. The van der Waals surface area contributed by atoms with Crippen LogP contribution in [-0.4, -0.2) is 21.0 Å². The fourth-order valence-electron chi connectivity index (χ4n) is 1.26. The number of hydrogen-bond acceptors (Lipinski definition) is 3. The molecule has 0 saturated heterocycles. The highest BCUT2D eigenvalue weighted by molar-refractivity contribution is 5.92. The predicted octanol–water partition coefficient (Wildman–Crippen LogP) is 1.64. The molecular formula is C10H8N2O2. The van der Waals surface area contributed by atoms with Crippen LogP contribution in [0, 0.1) is 6.92 Å². The highest BCUT2D eigenvalue weighted by Gasteiger charge is 2.04. The number of carboxylic acid groups (broad SMARTS) is 1. The van der Waals surface area contributed by atoms with E-state index in [4.69, 9.17) is 5.11 Å². The molecule has 14 heavy (non-hydrogen) atoms. The van der Waals surface area contributed by atoms with Crippen molar-refractivity contribution in [3.63, 3.8) is 0 Å². The first-order valence-corrected chi connectivity index (χ1v) is 4.13. The summed E-state index contributed by atoms with van der Waals surface area (Å²) in [6.45, 7) is 1.80. The van der Waals surface area contributed by atoms with Gasteiger partial charge in [0.25, 0.3) is 0 Å². The molecule has 0 bridgehead atoms. The van der Waals surface area contributed by atoms with Crippen molar-refractivity contribution < 1.29 is 9.90 Å². The molecule has 70 valence electrons. The number of rotatable bonds is 1. The molecule has 4 heteroatoms. The van der Waals surface area contributed by atoms with Crippen LogP contribution in [0.25, 0.3) is 10.9 Å². The van der Waals surface area contributed by atoms with E-state index in [2.05, 4.69) is 9.97 Å². The van der Waals surface area contributed by atoms with Gasteiger partial charge in [-0.1, -0.05) is 0 Å². The van der Waals surface area contributed by atoms with Crippen molar-refractivity contribution in [2.45, 2.75) is 6.92 Å². The molecule has 0 aliphatic heterocycles. The van der Waals surface area contributed by atoms with Gasteiger partial charge >= 0.3 is 5.97 Å². The first-order valence-electron chi connectivity index (χ1n) is 4.13. The van der Waals surface area contributed by atoms with Gasteiger partial charge in [0.05, 0.1) is 11.1 Å². The lowest BCUT2D eigenvalue weighted by molar-refractivity contribution is 0.0697. The van der Waals surface area contributed by atoms with Gasteiger partial charge in [0.15, 0.2) is 0 Å². The standard InChI is InChI=1S/C10H8N2O2/c1-6-11-5-8-4-7(10(13)14)2-3-9(8)12-6/h2-5H,1H3,(H,13,14). The number of aromatic carboxylic acids is 1. The molecule has 0 aliphatic carbocycles. The number of carboxylic acids is 1. The number of fused-ring (bicyclic) bond motifs is 1. The van der Waals surface area contributed by atoms with Crippen LogP contribution >= 0.6 is 0 Å². The highest BCUT2D eigenvalue weighted by atomic mass is 16.4. The molecule has 1 heterocycles. The average Bonchev–Trinajstić information content (AvgIpc) is 2.16. The molecule has 0 spiro atoms. The smallest absolute Gasteiger partial charge is 0.335 e. The van der Waals surface area contributed by atoms with Crippen molar-refractivity contribution >= 4 is 16.9 Å². The van der Waals surface area contributed by atoms with Gasteiger partial charge in [-0.15, -0.1) is 0 Å². The first kappa shape index (κ1) is 8.62. The second kappa shape index (κ2) is 3.06. The van der Waals surface area contributed by atoms with E-state index in [1.54, 1.807) is 25.3 Å². The van der Waals surface area contributed by atoms with Crippen LogP contribution in [0.1, 0.15) is 16.2 Å². The summed E-state index contributed by atoms with van der Waals surface area (Å²) in [5, 5.41) is 9.50. The fraction of sp³-hybridized carbons (Fsp3) is 0.100. The third-order valence-electron chi connectivity index (χ3n) is 1.95. The average molecular weight is 188 g/mol. The van der Waals surface area contributed by atoms with Crippen LogP contribution in [0.4, 0.5) is 0 Å². The Balaban J connectivity index is 2.67. The molecule has 1 aromatic heterocycles. The maximum absolute atomic E-state index is 10.7. The summed E-state index contributed by atoms with van der Waals surface area (Å²) < 4.78 is 0. The molecule has 1 aromatic carbocycles. The van der Waals surface area contributed by atoms with Gasteiger partial charge in [-0.3, -0.25) is 0 Å². The minimum atomic E-state index is -0.938. The Morgan fingerprint density at radius 3 is 2.93 bits per heavy atom. The third-order valence-corrected chi connectivity index (χ3v) is 1.95. The van der Waals surface area contributed by atoms with Crippen molar-refractivity contribution in [3.8, 4) is 0 Å². The van der Waals surface area contributed by atoms with Gasteiger partial charge in [-0.25, -0.2) is 14.8 Å². The Labute approximate surface area is 80.2 Å². The summed E-state index contributed by atoms with van der Waals surface area (Å²) in [7, 11) is 0. The van der Waals surface area contributed by atoms with Gasteiger partial charge < -0.3 is 5.11 Å². The van der Waals surface area contributed by atoms with Crippen LogP contribution in [0.3, 0.4) is 0 Å². The zero-order valence-corrected chi connectivity index (χ0v) is 7.56. The fourth-order valence-corrected chi connectivity index (χ4v) is 1.26. The van der Waals surface area contributed by atoms with E-state index in [0.29, 0.717) is 5.82 Å². The highest BCUT2D eigenvalue weighted by Crippen LogP contribution is 2.13. The number of hydrogen-bond donors (Lipinski definition) is 1. The van der Waals surface area contributed by atoms with Gasteiger partial charge in [-0.05, 0) is 25.1 Å². The molecular weight excluding hydrogens is 180 g/mol. The minimum Gasteiger partial charge on any atom is -0.478 e.